The van der Waals surface area contributed by atoms with Crippen molar-refractivity contribution in [1.82, 2.24) is 0 Å². The third-order valence-corrected chi connectivity index (χ3v) is 20.8. The molecule has 0 aromatic rings. The number of carbonyl (C=O) groups is 3. The van der Waals surface area contributed by atoms with Gasteiger partial charge in [-0.15, -0.1) is 0 Å². The molecule has 6 nitrogen and oxygen atoms in total. The quantitative estimate of drug-likeness (QED) is 0.0445. The van der Waals surface area contributed by atoms with E-state index in [1.807, 2.05) is 0 Å². The van der Waals surface area contributed by atoms with Crippen LogP contribution in [-0.2, 0) is 23.6 Å². The van der Waals surface area contributed by atoms with Crippen LogP contribution in [0.15, 0.2) is 0 Å². The van der Waals surface area contributed by atoms with Gasteiger partial charge in [0, 0.05) is 0 Å². The number of hydrogen-bond donors (Lipinski definition) is 0. The molecule has 0 amide bonds. The summed E-state index contributed by atoms with van der Waals surface area (Å²) in [4.78, 5) is 40.5. The van der Waals surface area contributed by atoms with Crippen molar-refractivity contribution in [3.8, 4) is 0 Å². The second-order valence-corrected chi connectivity index (χ2v) is 25.0. The summed E-state index contributed by atoms with van der Waals surface area (Å²) < 4.78 is 19.0. The van der Waals surface area contributed by atoms with Gasteiger partial charge in [0.25, 0.3) is 0 Å². The van der Waals surface area contributed by atoms with Crippen molar-refractivity contribution < 1.29 is 23.6 Å². The molecule has 0 aromatic heterocycles. The van der Waals surface area contributed by atoms with E-state index < -0.39 is 37.5 Å². The average Bonchev–Trinajstić information content (AvgIpc) is 3.13. The molecular formula is C42H82O6S3Sn. The van der Waals surface area contributed by atoms with E-state index in [4.69, 9.17) is 9.22 Å². The number of unbranched alkanes of at least 4 members (excludes halogenated alkanes) is 12. The standard InChI is InChI=1S/C12H25.3C10H20O2S.Sn/c1-3-5-7-9-11-12-10-8-6-4-2;3*1-3-5-6-9(4-2)7-13-8-10(11)12;/h1,3-12H2,2H3;3*9H,3-8H2,1-2H3,(H,11,12);/q;;;;+3/p-3. The summed E-state index contributed by atoms with van der Waals surface area (Å²) in [6.07, 6.45) is 25.5. The van der Waals surface area contributed by atoms with Crippen LogP contribution in [0.1, 0.15) is 190 Å². The maximum atomic E-state index is 13.5. The summed E-state index contributed by atoms with van der Waals surface area (Å²) in [6, 6.07) is 0. The minimum absolute atomic E-state index is 0.184. The molecule has 308 valence electrons. The summed E-state index contributed by atoms with van der Waals surface area (Å²) in [5.41, 5.74) is 0. The molecule has 0 N–H and O–H groups in total. The fourth-order valence-electron chi connectivity index (χ4n) is 6.27. The topological polar surface area (TPSA) is 78.9 Å². The fraction of sp³-hybridized carbons (Fsp3) is 0.929. The molecule has 3 unspecified atom stereocenters. The zero-order valence-electron chi connectivity index (χ0n) is 34.9. The van der Waals surface area contributed by atoms with Gasteiger partial charge in [-0.2, -0.15) is 0 Å². The molecule has 0 spiro atoms. The molecule has 0 aromatic carbocycles. The van der Waals surface area contributed by atoms with Gasteiger partial charge in [0.1, 0.15) is 0 Å². The van der Waals surface area contributed by atoms with Crippen LogP contribution >= 0.6 is 35.3 Å². The van der Waals surface area contributed by atoms with Crippen LogP contribution in [0.4, 0.5) is 0 Å². The summed E-state index contributed by atoms with van der Waals surface area (Å²) in [5.74, 6) is 3.71. The molecule has 0 aliphatic rings. The van der Waals surface area contributed by atoms with Gasteiger partial charge in [0.2, 0.25) is 0 Å². The fourth-order valence-corrected chi connectivity index (χ4v) is 17.2. The molecule has 0 aliphatic heterocycles. The Balaban J connectivity index is 5.80. The number of rotatable bonds is 38. The Bertz CT molecular complexity index is 775. The number of carbonyl (C=O) groups excluding carboxylic acids is 3. The third kappa shape index (κ3) is 29.5. The number of hydrogen-bond acceptors (Lipinski definition) is 9. The van der Waals surface area contributed by atoms with Crippen molar-refractivity contribution in [3.05, 3.63) is 0 Å². The second-order valence-electron chi connectivity index (χ2n) is 14.8. The summed E-state index contributed by atoms with van der Waals surface area (Å²) >= 11 is -0.216. The summed E-state index contributed by atoms with van der Waals surface area (Å²) in [7, 11) is 0. The van der Waals surface area contributed by atoms with E-state index >= 15 is 0 Å². The molecule has 0 saturated carbocycles. The Kier molecular flexibility index (Phi) is 37.1. The summed E-state index contributed by atoms with van der Waals surface area (Å²) in [5, 5.41) is 0. The predicted molar refractivity (Wildman–Crippen MR) is 233 cm³/mol. The van der Waals surface area contributed by atoms with Crippen molar-refractivity contribution in [2.75, 3.05) is 34.5 Å². The Morgan fingerprint density at radius 3 is 1.00 bits per heavy atom. The zero-order valence-corrected chi connectivity index (χ0v) is 40.2. The van der Waals surface area contributed by atoms with E-state index in [2.05, 4.69) is 48.5 Å². The molecule has 0 radical (unpaired) electrons. The van der Waals surface area contributed by atoms with E-state index in [0.29, 0.717) is 22.2 Å². The van der Waals surface area contributed by atoms with Crippen molar-refractivity contribution in [3.63, 3.8) is 0 Å². The van der Waals surface area contributed by atoms with Gasteiger partial charge in [0.05, 0.1) is 0 Å². The van der Waals surface area contributed by atoms with E-state index in [0.717, 1.165) is 75.0 Å². The Morgan fingerprint density at radius 1 is 0.423 bits per heavy atom. The molecule has 0 fully saturated rings. The first-order valence-electron chi connectivity index (χ1n) is 21.6. The predicted octanol–water partition coefficient (Wildman–Crippen LogP) is 13.3. The van der Waals surface area contributed by atoms with Crippen molar-refractivity contribution >= 4 is 72.8 Å². The third-order valence-electron chi connectivity index (χ3n) is 9.99. The Hall–Kier alpha value is 0.259. The van der Waals surface area contributed by atoms with Gasteiger partial charge >= 0.3 is 343 Å². The monoisotopic (exact) mass is 898 g/mol. The Labute approximate surface area is 340 Å². The first-order chi connectivity index (χ1) is 25.2. The Morgan fingerprint density at radius 2 is 0.712 bits per heavy atom. The van der Waals surface area contributed by atoms with Gasteiger partial charge < -0.3 is 0 Å². The van der Waals surface area contributed by atoms with Crippen LogP contribution in [0, 0.1) is 17.8 Å². The molecule has 10 heteroatoms. The van der Waals surface area contributed by atoms with E-state index in [-0.39, 0.29) is 17.3 Å². The maximum absolute atomic E-state index is 13.5. The molecule has 0 aliphatic carbocycles. The van der Waals surface area contributed by atoms with Crippen LogP contribution in [-0.4, -0.2) is 72.0 Å². The van der Waals surface area contributed by atoms with Gasteiger partial charge in [-0.25, -0.2) is 0 Å². The van der Waals surface area contributed by atoms with Crippen LogP contribution < -0.4 is 0 Å². The van der Waals surface area contributed by atoms with Crippen molar-refractivity contribution in [2.24, 2.45) is 17.8 Å². The number of thioether (sulfide) groups is 3. The van der Waals surface area contributed by atoms with Gasteiger partial charge in [-0.05, 0) is 0 Å². The molecule has 0 bridgehead atoms. The molecular weight excluding hydrogens is 815 g/mol. The molecule has 3 atom stereocenters. The average molecular weight is 898 g/mol. The molecule has 0 saturated heterocycles. The van der Waals surface area contributed by atoms with Gasteiger partial charge in [0.15, 0.2) is 0 Å². The second kappa shape index (κ2) is 36.9. The van der Waals surface area contributed by atoms with Crippen LogP contribution in [0.3, 0.4) is 0 Å². The molecule has 52 heavy (non-hydrogen) atoms. The van der Waals surface area contributed by atoms with E-state index in [9.17, 15) is 14.4 Å². The van der Waals surface area contributed by atoms with E-state index in [1.54, 1.807) is 35.3 Å². The van der Waals surface area contributed by atoms with Crippen molar-refractivity contribution in [2.45, 2.75) is 194 Å². The summed E-state index contributed by atoms with van der Waals surface area (Å²) in [6.45, 7) is 15.5. The van der Waals surface area contributed by atoms with Crippen LogP contribution in [0.2, 0.25) is 4.44 Å². The first kappa shape index (κ1) is 52.3. The van der Waals surface area contributed by atoms with Gasteiger partial charge in [-0.3, -0.25) is 0 Å². The molecule has 0 rings (SSSR count). The van der Waals surface area contributed by atoms with Crippen LogP contribution in [0.25, 0.3) is 0 Å². The van der Waals surface area contributed by atoms with Crippen molar-refractivity contribution in [1.29, 1.82) is 0 Å². The minimum atomic E-state index is -4.98. The zero-order chi connectivity index (χ0) is 38.7. The van der Waals surface area contributed by atoms with Gasteiger partial charge in [-0.1, -0.05) is 0 Å². The normalized spacial score (nSPS) is 14.4. The van der Waals surface area contributed by atoms with Crippen LogP contribution in [0.5, 0.6) is 0 Å². The molecule has 0 heterocycles. The SMILES string of the molecule is CCCCCCCCCCC[CH2][Sn]([O]C(=O)CSCC(CC)CCCC)([O]C(=O)CSCC(CC)CCCC)[O]C(=O)CSCC(CC)CCCC. The van der Waals surface area contributed by atoms with E-state index in [1.165, 1.54) is 83.5 Å². The first-order valence-corrected chi connectivity index (χ1v) is 30.6.